The van der Waals surface area contributed by atoms with E-state index in [1.165, 1.54) is 6.92 Å². The lowest BCUT2D eigenvalue weighted by Crippen LogP contribution is -2.34. The van der Waals surface area contributed by atoms with Crippen molar-refractivity contribution in [1.29, 1.82) is 5.26 Å². The Morgan fingerprint density at radius 3 is 2.68 bits per heavy atom. The van der Waals surface area contributed by atoms with Crippen LogP contribution in [-0.2, 0) is 10.0 Å². The van der Waals surface area contributed by atoms with Gasteiger partial charge in [-0.15, -0.1) is 0 Å². The Hall–Kier alpha value is -1.91. The first kappa shape index (κ1) is 13.5. The molecule has 1 aromatic carbocycles. The standard InChI is InChI=1S/C12H14N4O2S/c1-8(7-13)19(17,18)16-9(2)12-14-10-5-3-4-6-11(10)15-12/h3-6,8-9,16H,1-2H3,(H,14,15). The molecule has 1 aromatic heterocycles. The second-order valence-corrected chi connectivity index (χ2v) is 6.33. The van der Waals surface area contributed by atoms with E-state index in [1.54, 1.807) is 13.0 Å². The molecule has 0 fully saturated rings. The molecule has 0 aliphatic rings. The number of aromatic nitrogens is 2. The van der Waals surface area contributed by atoms with Crippen LogP contribution in [0.5, 0.6) is 0 Å². The molecule has 0 bridgehead atoms. The molecule has 6 nitrogen and oxygen atoms in total. The fourth-order valence-corrected chi connectivity index (χ4v) is 2.60. The molecular formula is C12H14N4O2S. The number of sulfonamides is 1. The SMILES string of the molecule is CC(NS(=O)(=O)C(C)C#N)c1nc2ccccc2[nH]1. The lowest BCUT2D eigenvalue weighted by Gasteiger charge is -2.12. The number of rotatable bonds is 4. The molecule has 2 unspecified atom stereocenters. The first-order valence-electron chi connectivity index (χ1n) is 5.79. The van der Waals surface area contributed by atoms with Crippen LogP contribution >= 0.6 is 0 Å². The van der Waals surface area contributed by atoms with E-state index in [2.05, 4.69) is 14.7 Å². The van der Waals surface area contributed by atoms with E-state index >= 15 is 0 Å². The van der Waals surface area contributed by atoms with Gasteiger partial charge in [-0.3, -0.25) is 0 Å². The maximum atomic E-state index is 11.8. The molecule has 2 aromatic rings. The molecule has 0 spiro atoms. The van der Waals surface area contributed by atoms with Gasteiger partial charge in [0.15, 0.2) is 5.25 Å². The minimum atomic E-state index is -3.67. The number of hydrogen-bond donors (Lipinski definition) is 2. The topological polar surface area (TPSA) is 98.6 Å². The van der Waals surface area contributed by atoms with Gasteiger partial charge in [0.1, 0.15) is 5.82 Å². The molecule has 2 rings (SSSR count). The van der Waals surface area contributed by atoms with Crippen molar-refractivity contribution < 1.29 is 8.42 Å². The van der Waals surface area contributed by atoms with Gasteiger partial charge in [0.25, 0.3) is 0 Å². The molecule has 100 valence electrons. The summed E-state index contributed by atoms with van der Waals surface area (Å²) < 4.78 is 26.0. The third kappa shape index (κ3) is 2.75. The zero-order valence-electron chi connectivity index (χ0n) is 10.6. The Bertz CT molecular complexity index is 697. The van der Waals surface area contributed by atoms with Crippen molar-refractivity contribution in [2.75, 3.05) is 0 Å². The lowest BCUT2D eigenvalue weighted by atomic mass is 10.3. The summed E-state index contributed by atoms with van der Waals surface area (Å²) in [5.41, 5.74) is 1.62. The molecule has 0 aliphatic carbocycles. The van der Waals surface area contributed by atoms with E-state index in [0.717, 1.165) is 11.0 Å². The van der Waals surface area contributed by atoms with Crippen molar-refractivity contribution in [3.05, 3.63) is 30.1 Å². The molecule has 0 amide bonds. The highest BCUT2D eigenvalue weighted by molar-refractivity contribution is 7.90. The number of nitrogens with one attached hydrogen (secondary N) is 2. The zero-order chi connectivity index (χ0) is 14.0. The molecule has 1 heterocycles. The van der Waals surface area contributed by atoms with Gasteiger partial charge in [-0.25, -0.2) is 18.1 Å². The third-order valence-electron chi connectivity index (χ3n) is 2.81. The van der Waals surface area contributed by atoms with Gasteiger partial charge in [0, 0.05) is 0 Å². The van der Waals surface area contributed by atoms with Crippen LogP contribution in [0, 0.1) is 11.3 Å². The van der Waals surface area contributed by atoms with Gasteiger partial charge in [-0.1, -0.05) is 12.1 Å². The molecular weight excluding hydrogens is 264 g/mol. The van der Waals surface area contributed by atoms with Crippen molar-refractivity contribution in [1.82, 2.24) is 14.7 Å². The number of hydrogen-bond acceptors (Lipinski definition) is 4. The Morgan fingerprint density at radius 1 is 1.37 bits per heavy atom. The number of nitrogens with zero attached hydrogens (tertiary/aromatic N) is 2. The Labute approximate surface area is 111 Å². The van der Waals surface area contributed by atoms with Crippen LogP contribution in [0.4, 0.5) is 0 Å². The largest absolute Gasteiger partial charge is 0.341 e. The molecule has 0 aliphatic heterocycles. The van der Waals surface area contributed by atoms with Gasteiger partial charge in [0.2, 0.25) is 10.0 Å². The van der Waals surface area contributed by atoms with Crippen molar-refractivity contribution in [3.63, 3.8) is 0 Å². The zero-order valence-corrected chi connectivity index (χ0v) is 11.4. The van der Waals surface area contributed by atoms with Crippen LogP contribution in [0.2, 0.25) is 0 Å². The van der Waals surface area contributed by atoms with E-state index in [4.69, 9.17) is 5.26 Å². The molecule has 2 atom stereocenters. The van der Waals surface area contributed by atoms with Crippen LogP contribution in [0.1, 0.15) is 25.7 Å². The molecule has 19 heavy (non-hydrogen) atoms. The second kappa shape index (κ2) is 4.99. The second-order valence-electron chi connectivity index (χ2n) is 4.30. The fourth-order valence-electron chi connectivity index (χ4n) is 1.65. The van der Waals surface area contributed by atoms with Crippen LogP contribution in [0.15, 0.2) is 24.3 Å². The number of imidazole rings is 1. The first-order chi connectivity index (χ1) is 8.94. The average molecular weight is 278 g/mol. The van der Waals surface area contributed by atoms with E-state index in [0.29, 0.717) is 5.82 Å². The molecule has 0 saturated carbocycles. The summed E-state index contributed by atoms with van der Waals surface area (Å²) in [5.74, 6) is 0.523. The van der Waals surface area contributed by atoms with E-state index in [9.17, 15) is 8.42 Å². The third-order valence-corrected chi connectivity index (χ3v) is 4.52. The molecule has 0 saturated heterocycles. The summed E-state index contributed by atoms with van der Waals surface area (Å²) in [6, 6.07) is 8.63. The van der Waals surface area contributed by atoms with Gasteiger partial charge < -0.3 is 4.98 Å². The predicted molar refractivity (Wildman–Crippen MR) is 71.6 cm³/mol. The maximum Gasteiger partial charge on any atom is 0.228 e. The van der Waals surface area contributed by atoms with Gasteiger partial charge in [-0.2, -0.15) is 5.26 Å². The summed E-state index contributed by atoms with van der Waals surface area (Å²) in [4.78, 5) is 7.37. The van der Waals surface area contributed by atoms with Gasteiger partial charge in [0.05, 0.1) is 23.1 Å². The highest BCUT2D eigenvalue weighted by Crippen LogP contribution is 2.16. The smallest absolute Gasteiger partial charge is 0.228 e. The summed E-state index contributed by atoms with van der Waals surface area (Å²) >= 11 is 0. The average Bonchev–Trinajstić information content (AvgIpc) is 2.81. The number of para-hydroxylation sites is 2. The van der Waals surface area contributed by atoms with Crippen LogP contribution in [-0.4, -0.2) is 23.6 Å². The van der Waals surface area contributed by atoms with E-state index in [-0.39, 0.29) is 0 Å². The van der Waals surface area contributed by atoms with E-state index < -0.39 is 21.3 Å². The number of nitriles is 1. The van der Waals surface area contributed by atoms with Crippen LogP contribution in [0.25, 0.3) is 11.0 Å². The number of aromatic amines is 1. The number of H-pyrrole nitrogens is 1. The lowest BCUT2D eigenvalue weighted by molar-refractivity contribution is 0.557. The normalized spacial score (nSPS) is 15.0. The highest BCUT2D eigenvalue weighted by Gasteiger charge is 2.24. The summed E-state index contributed by atoms with van der Waals surface area (Å²) in [5, 5.41) is 7.58. The summed E-state index contributed by atoms with van der Waals surface area (Å²) in [6.07, 6.45) is 0. The van der Waals surface area contributed by atoms with E-state index in [1.807, 2.05) is 24.3 Å². The Morgan fingerprint density at radius 2 is 2.05 bits per heavy atom. The highest BCUT2D eigenvalue weighted by atomic mass is 32.2. The number of fused-ring (bicyclic) bond motifs is 1. The predicted octanol–water partition coefficient (Wildman–Crippen LogP) is 1.46. The Balaban J connectivity index is 2.25. The van der Waals surface area contributed by atoms with Crippen molar-refractivity contribution in [3.8, 4) is 6.07 Å². The number of benzene rings is 1. The first-order valence-corrected chi connectivity index (χ1v) is 7.34. The summed E-state index contributed by atoms with van der Waals surface area (Å²) in [7, 11) is -3.67. The van der Waals surface area contributed by atoms with Gasteiger partial charge >= 0.3 is 0 Å². The minimum Gasteiger partial charge on any atom is -0.341 e. The summed E-state index contributed by atoms with van der Waals surface area (Å²) in [6.45, 7) is 3.02. The van der Waals surface area contributed by atoms with Crippen LogP contribution < -0.4 is 4.72 Å². The quantitative estimate of drug-likeness (QED) is 0.884. The Kier molecular flexibility index (Phi) is 3.55. The fraction of sp³-hybridized carbons (Fsp3) is 0.333. The maximum absolute atomic E-state index is 11.8. The molecule has 7 heteroatoms. The van der Waals surface area contributed by atoms with Crippen LogP contribution in [0.3, 0.4) is 0 Å². The minimum absolute atomic E-state index is 0.520. The van der Waals surface area contributed by atoms with Crippen molar-refractivity contribution in [2.45, 2.75) is 25.1 Å². The monoisotopic (exact) mass is 278 g/mol. The van der Waals surface area contributed by atoms with Crippen molar-refractivity contribution in [2.24, 2.45) is 0 Å². The molecule has 2 N–H and O–H groups in total. The molecule has 0 radical (unpaired) electrons. The van der Waals surface area contributed by atoms with Crippen molar-refractivity contribution >= 4 is 21.1 Å². The van der Waals surface area contributed by atoms with Gasteiger partial charge in [-0.05, 0) is 26.0 Å².